The van der Waals surface area contributed by atoms with E-state index in [-0.39, 0.29) is 5.56 Å². The van der Waals surface area contributed by atoms with Gasteiger partial charge in [0.1, 0.15) is 11.6 Å². The molecule has 2 heterocycles. The standard InChI is InChI=1S/C17H20N2O2/c1-10-7-8-14(16-13(10)6-5-9-21-16)15-11(2)18-12(3)19(4)17(15)20/h7-8H,5-6,9H2,1-4H3. The zero-order valence-corrected chi connectivity index (χ0v) is 13.0. The van der Waals surface area contributed by atoms with Crippen LogP contribution in [0.2, 0.25) is 0 Å². The molecule has 0 radical (unpaired) electrons. The fraction of sp³-hybridized carbons (Fsp3) is 0.412. The van der Waals surface area contributed by atoms with Crippen LogP contribution in [0.15, 0.2) is 16.9 Å². The molecule has 0 amide bonds. The number of nitrogens with zero attached hydrogens (tertiary/aromatic N) is 2. The van der Waals surface area contributed by atoms with Crippen molar-refractivity contribution in [2.45, 2.75) is 33.6 Å². The van der Waals surface area contributed by atoms with Crippen LogP contribution in [0.25, 0.3) is 11.1 Å². The highest BCUT2D eigenvalue weighted by atomic mass is 16.5. The SMILES string of the molecule is Cc1ccc(-c2c(C)nc(C)n(C)c2=O)c2c1CCCO2. The third kappa shape index (κ3) is 2.15. The molecule has 1 aromatic carbocycles. The summed E-state index contributed by atoms with van der Waals surface area (Å²) in [5.41, 5.74) is 4.72. The molecule has 0 fully saturated rings. The van der Waals surface area contributed by atoms with Gasteiger partial charge in [-0.05, 0) is 44.7 Å². The van der Waals surface area contributed by atoms with Gasteiger partial charge in [-0.3, -0.25) is 9.36 Å². The molecule has 4 nitrogen and oxygen atoms in total. The summed E-state index contributed by atoms with van der Waals surface area (Å²) in [6, 6.07) is 4.06. The number of aryl methyl sites for hydroxylation is 3. The summed E-state index contributed by atoms with van der Waals surface area (Å²) in [5, 5.41) is 0. The van der Waals surface area contributed by atoms with Gasteiger partial charge < -0.3 is 4.74 Å². The maximum absolute atomic E-state index is 12.6. The lowest BCUT2D eigenvalue weighted by Crippen LogP contribution is -2.24. The first-order chi connectivity index (χ1) is 10.0. The van der Waals surface area contributed by atoms with E-state index in [1.807, 2.05) is 19.9 Å². The van der Waals surface area contributed by atoms with Crippen molar-refractivity contribution in [3.8, 4) is 16.9 Å². The van der Waals surface area contributed by atoms with Crippen LogP contribution in [-0.4, -0.2) is 16.2 Å². The van der Waals surface area contributed by atoms with E-state index in [1.165, 1.54) is 11.1 Å². The van der Waals surface area contributed by atoms with E-state index in [1.54, 1.807) is 11.6 Å². The molecule has 1 aliphatic heterocycles. The van der Waals surface area contributed by atoms with Crippen molar-refractivity contribution < 1.29 is 4.74 Å². The lowest BCUT2D eigenvalue weighted by Gasteiger charge is -2.23. The number of benzene rings is 1. The quantitative estimate of drug-likeness (QED) is 0.808. The summed E-state index contributed by atoms with van der Waals surface area (Å²) >= 11 is 0. The molecule has 0 saturated heterocycles. The Morgan fingerprint density at radius 2 is 2.00 bits per heavy atom. The first-order valence-corrected chi connectivity index (χ1v) is 7.30. The van der Waals surface area contributed by atoms with E-state index in [4.69, 9.17) is 4.74 Å². The summed E-state index contributed by atoms with van der Waals surface area (Å²) in [6.45, 7) is 6.54. The lowest BCUT2D eigenvalue weighted by atomic mass is 9.94. The number of hydrogen-bond donors (Lipinski definition) is 0. The van der Waals surface area contributed by atoms with Gasteiger partial charge in [0, 0.05) is 12.6 Å². The molecule has 1 aromatic heterocycles. The molecule has 110 valence electrons. The highest BCUT2D eigenvalue weighted by Gasteiger charge is 2.22. The minimum absolute atomic E-state index is 0.0137. The van der Waals surface area contributed by atoms with Gasteiger partial charge in [-0.2, -0.15) is 0 Å². The van der Waals surface area contributed by atoms with Gasteiger partial charge in [0.2, 0.25) is 0 Å². The Balaban J connectivity index is 2.33. The maximum atomic E-state index is 12.6. The summed E-state index contributed by atoms with van der Waals surface area (Å²) < 4.78 is 7.49. The first-order valence-electron chi connectivity index (χ1n) is 7.30. The molecule has 0 atom stereocenters. The van der Waals surface area contributed by atoms with Crippen molar-refractivity contribution in [2.24, 2.45) is 7.05 Å². The fourth-order valence-corrected chi connectivity index (χ4v) is 2.97. The Hall–Kier alpha value is -2.10. The minimum Gasteiger partial charge on any atom is -0.493 e. The van der Waals surface area contributed by atoms with E-state index >= 15 is 0 Å². The van der Waals surface area contributed by atoms with Gasteiger partial charge >= 0.3 is 0 Å². The van der Waals surface area contributed by atoms with Crippen molar-refractivity contribution in [1.29, 1.82) is 0 Å². The molecule has 0 N–H and O–H groups in total. The van der Waals surface area contributed by atoms with E-state index in [0.717, 1.165) is 35.7 Å². The van der Waals surface area contributed by atoms with Crippen LogP contribution >= 0.6 is 0 Å². The van der Waals surface area contributed by atoms with Crippen LogP contribution in [-0.2, 0) is 13.5 Å². The number of hydrogen-bond acceptors (Lipinski definition) is 3. The smallest absolute Gasteiger partial charge is 0.261 e. The molecular weight excluding hydrogens is 264 g/mol. The molecule has 4 heteroatoms. The molecule has 21 heavy (non-hydrogen) atoms. The van der Waals surface area contributed by atoms with Crippen molar-refractivity contribution in [3.05, 3.63) is 45.1 Å². The van der Waals surface area contributed by atoms with E-state index < -0.39 is 0 Å². The van der Waals surface area contributed by atoms with Gasteiger partial charge in [-0.25, -0.2) is 4.98 Å². The predicted molar refractivity (Wildman–Crippen MR) is 82.9 cm³/mol. The Morgan fingerprint density at radius 3 is 2.76 bits per heavy atom. The van der Waals surface area contributed by atoms with Crippen LogP contribution in [0.1, 0.15) is 29.1 Å². The molecule has 2 aromatic rings. The van der Waals surface area contributed by atoms with Crippen LogP contribution in [0, 0.1) is 20.8 Å². The lowest BCUT2D eigenvalue weighted by molar-refractivity contribution is 0.289. The van der Waals surface area contributed by atoms with E-state index in [9.17, 15) is 4.79 Å². The molecule has 0 saturated carbocycles. The average Bonchev–Trinajstić information content (AvgIpc) is 2.47. The molecule has 3 rings (SSSR count). The highest BCUT2D eigenvalue weighted by molar-refractivity contribution is 5.74. The highest BCUT2D eigenvalue weighted by Crippen LogP contribution is 2.37. The largest absolute Gasteiger partial charge is 0.493 e. The molecule has 0 aliphatic carbocycles. The molecular formula is C17H20N2O2. The summed E-state index contributed by atoms with van der Waals surface area (Å²) in [4.78, 5) is 17.1. The van der Waals surface area contributed by atoms with Gasteiger partial charge in [-0.1, -0.05) is 12.1 Å². The number of aromatic nitrogens is 2. The molecule has 0 bridgehead atoms. The number of fused-ring (bicyclic) bond motifs is 1. The topological polar surface area (TPSA) is 44.1 Å². The van der Waals surface area contributed by atoms with Crippen molar-refractivity contribution >= 4 is 0 Å². The number of rotatable bonds is 1. The van der Waals surface area contributed by atoms with Gasteiger partial charge in [0.25, 0.3) is 5.56 Å². The van der Waals surface area contributed by atoms with Crippen molar-refractivity contribution in [2.75, 3.05) is 6.61 Å². The maximum Gasteiger partial charge on any atom is 0.261 e. The third-order valence-electron chi connectivity index (χ3n) is 4.28. The summed E-state index contributed by atoms with van der Waals surface area (Å²) in [5.74, 6) is 1.59. The monoisotopic (exact) mass is 284 g/mol. The normalized spacial score (nSPS) is 13.7. The van der Waals surface area contributed by atoms with Crippen LogP contribution < -0.4 is 10.3 Å². The van der Waals surface area contributed by atoms with Crippen molar-refractivity contribution in [3.63, 3.8) is 0 Å². The van der Waals surface area contributed by atoms with Gasteiger partial charge in [0.15, 0.2) is 0 Å². The molecule has 0 spiro atoms. The van der Waals surface area contributed by atoms with E-state index in [2.05, 4.69) is 18.0 Å². The zero-order chi connectivity index (χ0) is 15.1. The first kappa shape index (κ1) is 13.9. The van der Waals surface area contributed by atoms with Gasteiger partial charge in [0.05, 0.1) is 17.9 Å². The summed E-state index contributed by atoms with van der Waals surface area (Å²) in [7, 11) is 1.76. The minimum atomic E-state index is -0.0137. The second kappa shape index (κ2) is 5.02. The fourth-order valence-electron chi connectivity index (χ4n) is 2.97. The number of ether oxygens (including phenoxy) is 1. The van der Waals surface area contributed by atoms with Crippen LogP contribution in [0.5, 0.6) is 5.75 Å². The Bertz CT molecular complexity index is 775. The Morgan fingerprint density at radius 1 is 1.24 bits per heavy atom. The van der Waals surface area contributed by atoms with Gasteiger partial charge in [-0.15, -0.1) is 0 Å². The second-order valence-corrected chi connectivity index (χ2v) is 5.67. The Labute approximate surface area is 124 Å². The Kier molecular flexibility index (Phi) is 3.32. The van der Waals surface area contributed by atoms with E-state index in [0.29, 0.717) is 12.2 Å². The van der Waals surface area contributed by atoms with Crippen LogP contribution in [0.4, 0.5) is 0 Å². The molecule has 1 aliphatic rings. The van der Waals surface area contributed by atoms with Crippen LogP contribution in [0.3, 0.4) is 0 Å². The summed E-state index contributed by atoms with van der Waals surface area (Å²) in [6.07, 6.45) is 2.04. The third-order valence-corrected chi connectivity index (χ3v) is 4.28. The predicted octanol–water partition coefficient (Wildman–Crippen LogP) is 2.70. The second-order valence-electron chi connectivity index (χ2n) is 5.67. The zero-order valence-electron chi connectivity index (χ0n) is 13.0. The molecule has 0 unspecified atom stereocenters. The van der Waals surface area contributed by atoms with Crippen molar-refractivity contribution in [1.82, 2.24) is 9.55 Å². The average molecular weight is 284 g/mol.